The molecule has 7 heteroatoms. The Kier molecular flexibility index (Phi) is 9.51. The van der Waals surface area contributed by atoms with Crippen LogP contribution in [0.25, 0.3) is 0 Å². The van der Waals surface area contributed by atoms with Crippen LogP contribution in [0.3, 0.4) is 0 Å². The molecule has 0 radical (unpaired) electrons. The highest BCUT2D eigenvalue weighted by molar-refractivity contribution is 5.79. The van der Waals surface area contributed by atoms with Crippen LogP contribution in [0.4, 0.5) is 0 Å². The summed E-state index contributed by atoms with van der Waals surface area (Å²) >= 11 is 0. The minimum atomic E-state index is -0.152. The largest absolute Gasteiger partial charge is 0.369 e. The summed E-state index contributed by atoms with van der Waals surface area (Å²) in [6, 6.07) is 0. The molecule has 0 bridgehead atoms. The average Bonchev–Trinajstić information content (AvgIpc) is 2.70. The lowest BCUT2D eigenvalue weighted by atomic mass is 9.97. The minimum absolute atomic E-state index is 0.0256. The Labute approximate surface area is 171 Å². The van der Waals surface area contributed by atoms with Crippen LogP contribution in [0.15, 0.2) is 4.99 Å². The van der Waals surface area contributed by atoms with Gasteiger partial charge < -0.3 is 21.3 Å². The molecule has 1 atom stereocenters. The second-order valence-corrected chi connectivity index (χ2v) is 8.88. The quantitative estimate of drug-likeness (QED) is 0.313. The van der Waals surface area contributed by atoms with E-state index in [1.807, 2.05) is 0 Å². The van der Waals surface area contributed by atoms with Gasteiger partial charge in [0.25, 0.3) is 0 Å². The Morgan fingerprint density at radius 3 is 2.57 bits per heavy atom. The topological polar surface area (TPSA) is 86.0 Å². The van der Waals surface area contributed by atoms with Gasteiger partial charge in [-0.2, -0.15) is 0 Å². The Hall–Kier alpha value is -1.34. The summed E-state index contributed by atoms with van der Waals surface area (Å²) in [4.78, 5) is 21.2. The lowest BCUT2D eigenvalue weighted by Crippen LogP contribution is -2.49. The van der Waals surface area contributed by atoms with Gasteiger partial charge >= 0.3 is 0 Å². The first-order valence-corrected chi connectivity index (χ1v) is 11.2. The fourth-order valence-corrected chi connectivity index (χ4v) is 4.21. The molecule has 2 aliphatic heterocycles. The monoisotopic (exact) mass is 394 g/mol. The number of hydrogen-bond donors (Lipinski definition) is 3. The van der Waals surface area contributed by atoms with Crippen molar-refractivity contribution in [1.82, 2.24) is 20.4 Å². The first-order chi connectivity index (χ1) is 13.4. The molecule has 2 aliphatic rings. The van der Waals surface area contributed by atoms with Crippen LogP contribution in [0.2, 0.25) is 0 Å². The van der Waals surface area contributed by atoms with Gasteiger partial charge in [0.1, 0.15) is 0 Å². The Bertz CT molecular complexity index is 501. The molecular formula is C21H42N6O. The molecule has 1 amide bonds. The number of guanidine groups is 1. The predicted molar refractivity (Wildman–Crippen MR) is 116 cm³/mol. The van der Waals surface area contributed by atoms with Crippen molar-refractivity contribution >= 4 is 11.9 Å². The van der Waals surface area contributed by atoms with Crippen LogP contribution in [-0.4, -0.2) is 79.6 Å². The van der Waals surface area contributed by atoms with Gasteiger partial charge in [-0.15, -0.1) is 0 Å². The second-order valence-electron chi connectivity index (χ2n) is 8.88. The van der Waals surface area contributed by atoms with Crippen molar-refractivity contribution in [2.45, 2.75) is 64.8 Å². The van der Waals surface area contributed by atoms with E-state index in [9.17, 15) is 4.79 Å². The third kappa shape index (κ3) is 7.59. The average molecular weight is 395 g/mol. The SMILES string of the molecule is CCNC(=NCC(C)(C)N1CCCCC1)NCCCN1CCCC(C(N)=O)C1. The van der Waals surface area contributed by atoms with Crippen molar-refractivity contribution < 1.29 is 4.79 Å². The van der Waals surface area contributed by atoms with Gasteiger partial charge in [0.05, 0.1) is 12.5 Å². The first-order valence-electron chi connectivity index (χ1n) is 11.2. The summed E-state index contributed by atoms with van der Waals surface area (Å²) in [5.41, 5.74) is 5.57. The van der Waals surface area contributed by atoms with E-state index in [1.165, 1.54) is 32.4 Å². The summed E-state index contributed by atoms with van der Waals surface area (Å²) in [6.45, 7) is 14.5. The number of carbonyl (C=O) groups is 1. The molecule has 0 aliphatic carbocycles. The summed E-state index contributed by atoms with van der Waals surface area (Å²) in [7, 11) is 0. The molecule has 0 spiro atoms. The predicted octanol–water partition coefficient (Wildman–Crippen LogP) is 1.39. The van der Waals surface area contributed by atoms with E-state index >= 15 is 0 Å². The van der Waals surface area contributed by atoms with Crippen LogP contribution < -0.4 is 16.4 Å². The highest BCUT2D eigenvalue weighted by Gasteiger charge is 2.27. The Morgan fingerprint density at radius 1 is 1.14 bits per heavy atom. The molecule has 0 saturated carbocycles. The van der Waals surface area contributed by atoms with Gasteiger partial charge in [-0.25, -0.2) is 0 Å². The van der Waals surface area contributed by atoms with Gasteiger partial charge in [-0.1, -0.05) is 6.42 Å². The number of nitrogens with zero attached hydrogens (tertiary/aromatic N) is 3. The van der Waals surface area contributed by atoms with Crippen molar-refractivity contribution in [1.29, 1.82) is 0 Å². The van der Waals surface area contributed by atoms with Crippen LogP contribution in [-0.2, 0) is 4.79 Å². The maximum absolute atomic E-state index is 11.4. The van der Waals surface area contributed by atoms with Gasteiger partial charge in [-0.3, -0.25) is 14.7 Å². The molecule has 0 aromatic rings. The standard InChI is InChI=1S/C21H42N6O/c1-4-23-20(25-17-21(2,3)27-14-6-5-7-15-27)24-11-9-13-26-12-8-10-18(16-26)19(22)28/h18H,4-17H2,1-3H3,(H2,22,28)(H2,23,24,25). The number of carbonyl (C=O) groups excluding carboxylic acids is 1. The van der Waals surface area contributed by atoms with Gasteiger partial charge in [0.2, 0.25) is 5.91 Å². The van der Waals surface area contributed by atoms with Gasteiger partial charge in [-0.05, 0) is 79.1 Å². The highest BCUT2D eigenvalue weighted by atomic mass is 16.1. The molecule has 2 saturated heterocycles. The fraction of sp³-hybridized carbons (Fsp3) is 0.905. The first kappa shape index (κ1) is 22.9. The number of nitrogens with one attached hydrogen (secondary N) is 2. The van der Waals surface area contributed by atoms with E-state index < -0.39 is 0 Å². The molecule has 2 fully saturated rings. The van der Waals surface area contributed by atoms with Crippen molar-refractivity contribution in [2.75, 3.05) is 52.4 Å². The van der Waals surface area contributed by atoms with Crippen molar-refractivity contribution in [3.05, 3.63) is 0 Å². The van der Waals surface area contributed by atoms with Gasteiger partial charge in [0.15, 0.2) is 5.96 Å². The number of hydrogen-bond acceptors (Lipinski definition) is 4. The number of likely N-dealkylation sites (tertiary alicyclic amines) is 2. The summed E-state index contributed by atoms with van der Waals surface area (Å²) in [5, 5.41) is 6.84. The molecule has 0 aromatic heterocycles. The highest BCUT2D eigenvalue weighted by Crippen LogP contribution is 2.20. The van der Waals surface area contributed by atoms with E-state index in [0.29, 0.717) is 0 Å². The maximum Gasteiger partial charge on any atom is 0.221 e. The zero-order valence-electron chi connectivity index (χ0n) is 18.3. The zero-order chi connectivity index (χ0) is 20.4. The zero-order valence-corrected chi connectivity index (χ0v) is 18.3. The van der Waals surface area contributed by atoms with E-state index in [1.54, 1.807) is 0 Å². The Balaban J connectivity index is 1.74. The van der Waals surface area contributed by atoms with Crippen molar-refractivity contribution in [3.8, 4) is 0 Å². The Morgan fingerprint density at radius 2 is 1.89 bits per heavy atom. The lowest BCUT2D eigenvalue weighted by Gasteiger charge is -2.40. The number of aliphatic imine (C=N–C) groups is 1. The molecule has 1 unspecified atom stereocenters. The van der Waals surface area contributed by atoms with E-state index in [2.05, 4.69) is 41.2 Å². The third-order valence-corrected chi connectivity index (χ3v) is 6.03. The normalized spacial score (nSPS) is 22.8. The number of primary amides is 1. The van der Waals surface area contributed by atoms with E-state index in [4.69, 9.17) is 10.7 Å². The lowest BCUT2D eigenvalue weighted by molar-refractivity contribution is -0.123. The molecule has 2 rings (SSSR count). The molecule has 28 heavy (non-hydrogen) atoms. The van der Waals surface area contributed by atoms with Crippen LogP contribution in [0.1, 0.15) is 59.3 Å². The minimum Gasteiger partial charge on any atom is -0.369 e. The van der Waals surface area contributed by atoms with Gasteiger partial charge in [0, 0.05) is 25.2 Å². The molecule has 0 aromatic carbocycles. The summed E-state index contributed by atoms with van der Waals surface area (Å²) in [5.74, 6) is 0.777. The van der Waals surface area contributed by atoms with Crippen LogP contribution >= 0.6 is 0 Å². The number of nitrogens with two attached hydrogens (primary N) is 1. The van der Waals surface area contributed by atoms with Crippen LogP contribution in [0.5, 0.6) is 0 Å². The van der Waals surface area contributed by atoms with E-state index in [-0.39, 0.29) is 17.4 Å². The van der Waals surface area contributed by atoms with E-state index in [0.717, 1.165) is 64.5 Å². The number of rotatable bonds is 9. The smallest absolute Gasteiger partial charge is 0.221 e. The van der Waals surface area contributed by atoms with Crippen molar-refractivity contribution in [3.63, 3.8) is 0 Å². The molecule has 162 valence electrons. The summed E-state index contributed by atoms with van der Waals surface area (Å²) in [6.07, 6.45) is 7.00. The summed E-state index contributed by atoms with van der Waals surface area (Å²) < 4.78 is 0. The fourth-order valence-electron chi connectivity index (χ4n) is 4.21. The van der Waals surface area contributed by atoms with Crippen LogP contribution in [0, 0.1) is 5.92 Å². The molecular weight excluding hydrogens is 352 g/mol. The maximum atomic E-state index is 11.4. The number of piperidine rings is 2. The van der Waals surface area contributed by atoms with Crippen molar-refractivity contribution in [2.24, 2.45) is 16.6 Å². The third-order valence-electron chi connectivity index (χ3n) is 6.03. The molecule has 4 N–H and O–H groups in total. The molecule has 7 nitrogen and oxygen atoms in total. The number of amides is 1. The second kappa shape index (κ2) is 11.6. The molecule has 2 heterocycles.